The Morgan fingerprint density at radius 2 is 1.82 bits per heavy atom. The molecule has 0 amide bonds. The van der Waals surface area contributed by atoms with E-state index in [1.54, 1.807) is 5.57 Å². The van der Waals surface area contributed by atoms with Crippen LogP contribution in [0.4, 0.5) is 0 Å². The van der Waals surface area contributed by atoms with E-state index in [0.717, 1.165) is 6.42 Å². The molecule has 0 saturated carbocycles. The summed E-state index contributed by atoms with van der Waals surface area (Å²) in [5.41, 5.74) is 3.00. The van der Waals surface area contributed by atoms with Gasteiger partial charge in [0.05, 0.1) is 6.10 Å². The molecule has 0 saturated heterocycles. The molecular formula is C10H16O. The predicted octanol–water partition coefficient (Wildman–Crippen LogP) is 2.40. The van der Waals surface area contributed by atoms with E-state index in [4.69, 9.17) is 0 Å². The lowest BCUT2D eigenvalue weighted by molar-refractivity contribution is 0.207. The van der Waals surface area contributed by atoms with E-state index in [2.05, 4.69) is 0 Å². The van der Waals surface area contributed by atoms with E-state index in [1.807, 2.05) is 0 Å². The molecule has 11 heavy (non-hydrogen) atoms. The molecule has 1 nitrogen and oxygen atoms in total. The van der Waals surface area contributed by atoms with Crippen molar-refractivity contribution in [1.29, 1.82) is 0 Å². The summed E-state index contributed by atoms with van der Waals surface area (Å²) in [6.07, 6.45) is 8.58. The zero-order valence-corrected chi connectivity index (χ0v) is 6.97. The first-order valence-electron chi connectivity index (χ1n) is 4.77. The van der Waals surface area contributed by atoms with E-state index >= 15 is 0 Å². The molecule has 0 aliphatic heterocycles. The van der Waals surface area contributed by atoms with Crippen LogP contribution < -0.4 is 0 Å². The van der Waals surface area contributed by atoms with Gasteiger partial charge in [-0.2, -0.15) is 0 Å². The van der Waals surface area contributed by atoms with Crippen molar-refractivity contribution in [2.75, 3.05) is 0 Å². The summed E-state index contributed by atoms with van der Waals surface area (Å²) in [6.45, 7) is 0. The molecule has 0 spiro atoms. The zero-order valence-electron chi connectivity index (χ0n) is 6.97. The molecule has 0 aromatic carbocycles. The van der Waals surface area contributed by atoms with Crippen molar-refractivity contribution in [1.82, 2.24) is 0 Å². The minimum Gasteiger partial charge on any atom is -0.389 e. The first-order chi connectivity index (χ1) is 5.38. The number of hydrogen-bond donors (Lipinski definition) is 1. The van der Waals surface area contributed by atoms with Crippen molar-refractivity contribution >= 4 is 0 Å². The lowest BCUT2D eigenvalue weighted by Gasteiger charge is -2.06. The largest absolute Gasteiger partial charge is 0.389 e. The molecule has 1 unspecified atom stereocenters. The topological polar surface area (TPSA) is 20.2 Å². The van der Waals surface area contributed by atoms with Crippen LogP contribution in [0.25, 0.3) is 0 Å². The van der Waals surface area contributed by atoms with E-state index < -0.39 is 0 Å². The van der Waals surface area contributed by atoms with Gasteiger partial charge in [-0.1, -0.05) is 12.0 Å². The highest BCUT2D eigenvalue weighted by atomic mass is 16.3. The molecule has 1 heteroatoms. The molecule has 1 N–H and O–H groups in total. The minimum atomic E-state index is -0.0666. The summed E-state index contributed by atoms with van der Waals surface area (Å²) >= 11 is 0. The van der Waals surface area contributed by atoms with E-state index in [-0.39, 0.29) is 6.10 Å². The third-order valence-electron chi connectivity index (χ3n) is 3.00. The number of aliphatic hydroxyl groups is 1. The maximum absolute atomic E-state index is 9.59. The Hall–Kier alpha value is -0.300. The fraction of sp³-hybridized carbons (Fsp3) is 0.800. The Kier molecular flexibility index (Phi) is 1.99. The van der Waals surface area contributed by atoms with Gasteiger partial charge in [0.15, 0.2) is 0 Å². The van der Waals surface area contributed by atoms with Gasteiger partial charge >= 0.3 is 0 Å². The number of aliphatic hydroxyl groups excluding tert-OH is 1. The molecule has 2 rings (SSSR count). The number of allylic oxidation sites excluding steroid dienone is 1. The molecule has 0 heterocycles. The highest BCUT2D eigenvalue weighted by Crippen LogP contribution is 2.35. The van der Waals surface area contributed by atoms with Crippen LogP contribution in [-0.2, 0) is 0 Å². The second-order valence-electron chi connectivity index (χ2n) is 3.74. The smallest absolute Gasteiger partial charge is 0.0755 e. The predicted molar refractivity (Wildman–Crippen MR) is 45.4 cm³/mol. The van der Waals surface area contributed by atoms with Crippen molar-refractivity contribution in [2.45, 2.75) is 51.0 Å². The Morgan fingerprint density at radius 1 is 1.00 bits per heavy atom. The summed E-state index contributed by atoms with van der Waals surface area (Å²) in [4.78, 5) is 0. The van der Waals surface area contributed by atoms with E-state index in [1.165, 1.54) is 44.1 Å². The van der Waals surface area contributed by atoms with Crippen molar-refractivity contribution in [2.24, 2.45) is 0 Å². The molecule has 2 aliphatic rings. The van der Waals surface area contributed by atoms with Gasteiger partial charge in [-0.25, -0.2) is 0 Å². The summed E-state index contributed by atoms with van der Waals surface area (Å²) in [5, 5.41) is 9.59. The minimum absolute atomic E-state index is 0.0666. The Morgan fingerprint density at radius 3 is 2.73 bits per heavy atom. The van der Waals surface area contributed by atoms with Crippen molar-refractivity contribution in [3.63, 3.8) is 0 Å². The van der Waals surface area contributed by atoms with Crippen LogP contribution in [0, 0.1) is 0 Å². The Balaban J connectivity index is 2.15. The molecule has 1 atom stereocenters. The third kappa shape index (κ3) is 1.34. The zero-order chi connectivity index (χ0) is 7.68. The first kappa shape index (κ1) is 7.35. The van der Waals surface area contributed by atoms with Crippen LogP contribution in [0.1, 0.15) is 44.9 Å². The molecule has 0 aromatic rings. The maximum Gasteiger partial charge on any atom is 0.0755 e. The molecular weight excluding hydrogens is 136 g/mol. The van der Waals surface area contributed by atoms with E-state index in [9.17, 15) is 5.11 Å². The maximum atomic E-state index is 9.59. The standard InChI is InChI=1S/C10H16O/c11-10-7-6-8-4-2-1-3-5-9(8)10/h10-11H,1-7H2. The van der Waals surface area contributed by atoms with Crippen LogP contribution >= 0.6 is 0 Å². The van der Waals surface area contributed by atoms with E-state index in [0.29, 0.717) is 0 Å². The Labute approximate surface area is 68.1 Å². The van der Waals surface area contributed by atoms with Crippen LogP contribution in [0.15, 0.2) is 11.1 Å². The van der Waals surface area contributed by atoms with Crippen LogP contribution in [-0.4, -0.2) is 11.2 Å². The van der Waals surface area contributed by atoms with Gasteiger partial charge in [0.1, 0.15) is 0 Å². The molecule has 0 aromatic heterocycles. The quantitative estimate of drug-likeness (QED) is 0.528. The van der Waals surface area contributed by atoms with Gasteiger partial charge in [0.2, 0.25) is 0 Å². The molecule has 0 radical (unpaired) electrons. The van der Waals surface area contributed by atoms with Crippen LogP contribution in [0.3, 0.4) is 0 Å². The average Bonchev–Trinajstić information content (AvgIpc) is 2.25. The van der Waals surface area contributed by atoms with Gasteiger partial charge in [0, 0.05) is 0 Å². The van der Waals surface area contributed by atoms with Gasteiger partial charge in [0.25, 0.3) is 0 Å². The second-order valence-corrected chi connectivity index (χ2v) is 3.74. The monoisotopic (exact) mass is 152 g/mol. The Bertz CT molecular complexity index is 181. The third-order valence-corrected chi connectivity index (χ3v) is 3.00. The van der Waals surface area contributed by atoms with Gasteiger partial charge < -0.3 is 5.11 Å². The SMILES string of the molecule is OC1CCC2=C1CCCCC2. The number of hydrogen-bond acceptors (Lipinski definition) is 1. The highest BCUT2D eigenvalue weighted by molar-refractivity contribution is 5.24. The van der Waals surface area contributed by atoms with Crippen molar-refractivity contribution in [3.8, 4) is 0 Å². The fourth-order valence-electron chi connectivity index (χ4n) is 2.34. The summed E-state index contributed by atoms with van der Waals surface area (Å²) in [6, 6.07) is 0. The van der Waals surface area contributed by atoms with Crippen LogP contribution in [0.5, 0.6) is 0 Å². The summed E-state index contributed by atoms with van der Waals surface area (Å²) < 4.78 is 0. The van der Waals surface area contributed by atoms with Gasteiger partial charge in [-0.05, 0) is 44.1 Å². The molecule has 62 valence electrons. The van der Waals surface area contributed by atoms with Gasteiger partial charge in [-0.3, -0.25) is 0 Å². The normalized spacial score (nSPS) is 31.9. The first-order valence-corrected chi connectivity index (χ1v) is 4.77. The molecule has 2 aliphatic carbocycles. The average molecular weight is 152 g/mol. The highest BCUT2D eigenvalue weighted by Gasteiger charge is 2.23. The van der Waals surface area contributed by atoms with Gasteiger partial charge in [-0.15, -0.1) is 0 Å². The van der Waals surface area contributed by atoms with Crippen molar-refractivity contribution in [3.05, 3.63) is 11.1 Å². The second kappa shape index (κ2) is 2.98. The number of rotatable bonds is 0. The summed E-state index contributed by atoms with van der Waals surface area (Å²) in [7, 11) is 0. The summed E-state index contributed by atoms with van der Waals surface area (Å²) in [5.74, 6) is 0. The van der Waals surface area contributed by atoms with Crippen molar-refractivity contribution < 1.29 is 5.11 Å². The lowest BCUT2D eigenvalue weighted by Crippen LogP contribution is -2.04. The van der Waals surface area contributed by atoms with Crippen LogP contribution in [0.2, 0.25) is 0 Å². The fourth-order valence-corrected chi connectivity index (χ4v) is 2.34. The molecule has 0 bridgehead atoms. The lowest BCUT2D eigenvalue weighted by atomic mass is 10.1. The molecule has 0 fully saturated rings.